The zero-order valence-corrected chi connectivity index (χ0v) is 12.5. The maximum atomic E-state index is 10.1. The molecule has 0 spiro atoms. The van der Waals surface area contributed by atoms with Gasteiger partial charge in [0, 0.05) is 18.7 Å². The van der Waals surface area contributed by atoms with Gasteiger partial charge in [-0.3, -0.25) is 0 Å². The zero-order valence-electron chi connectivity index (χ0n) is 12.5. The maximum Gasteiger partial charge on any atom is 0.0897 e. The van der Waals surface area contributed by atoms with Gasteiger partial charge in [-0.25, -0.2) is 0 Å². The highest BCUT2D eigenvalue weighted by atomic mass is 16.5. The lowest BCUT2D eigenvalue weighted by Gasteiger charge is -2.57. The largest absolute Gasteiger partial charge is 0.389 e. The molecule has 1 unspecified atom stereocenters. The monoisotopic (exact) mass is 279 g/mol. The number of aliphatic hydroxyl groups excluding tert-OH is 1. The van der Waals surface area contributed by atoms with Crippen molar-refractivity contribution >= 4 is 0 Å². The fraction of sp³-hybridized carbons (Fsp3) is 1.00. The molecule has 0 radical (unpaired) electrons. The van der Waals surface area contributed by atoms with Crippen molar-refractivity contribution in [3.63, 3.8) is 0 Å². The van der Waals surface area contributed by atoms with Crippen molar-refractivity contribution in [3.05, 3.63) is 0 Å². The molecule has 5 aliphatic rings. The minimum Gasteiger partial charge on any atom is -0.389 e. The van der Waals surface area contributed by atoms with Crippen LogP contribution in [0.4, 0.5) is 0 Å². The summed E-state index contributed by atoms with van der Waals surface area (Å²) in [4.78, 5) is 0. The topological polar surface area (TPSA) is 41.5 Å². The van der Waals surface area contributed by atoms with Crippen LogP contribution in [-0.4, -0.2) is 36.5 Å². The fourth-order valence-electron chi connectivity index (χ4n) is 5.38. The lowest BCUT2D eigenvalue weighted by molar-refractivity contribution is -0.0312. The molecule has 0 amide bonds. The molecular weight excluding hydrogens is 250 g/mol. The smallest absolute Gasteiger partial charge is 0.0897 e. The lowest BCUT2D eigenvalue weighted by Crippen LogP contribution is -2.59. The third-order valence-corrected chi connectivity index (χ3v) is 6.11. The molecule has 5 aliphatic carbocycles. The average molecular weight is 279 g/mol. The molecule has 0 saturated heterocycles. The molecule has 0 aromatic heterocycles. The quantitative estimate of drug-likeness (QED) is 0.751. The summed E-state index contributed by atoms with van der Waals surface area (Å²) in [7, 11) is 0. The Morgan fingerprint density at radius 3 is 2.20 bits per heavy atom. The molecule has 5 saturated carbocycles. The Morgan fingerprint density at radius 1 is 1.05 bits per heavy atom. The molecule has 0 aliphatic heterocycles. The van der Waals surface area contributed by atoms with Crippen LogP contribution < -0.4 is 5.32 Å². The Morgan fingerprint density at radius 2 is 1.65 bits per heavy atom. The summed E-state index contributed by atoms with van der Waals surface area (Å²) in [5, 5.41) is 13.8. The Balaban J connectivity index is 1.24. The van der Waals surface area contributed by atoms with Gasteiger partial charge in [0.2, 0.25) is 0 Å². The summed E-state index contributed by atoms with van der Waals surface area (Å²) in [6, 6.07) is 0. The molecule has 0 heterocycles. The molecule has 20 heavy (non-hydrogen) atoms. The van der Waals surface area contributed by atoms with Crippen LogP contribution in [0.25, 0.3) is 0 Å². The van der Waals surface area contributed by atoms with Gasteiger partial charge in [0.15, 0.2) is 0 Å². The van der Waals surface area contributed by atoms with E-state index in [9.17, 15) is 5.11 Å². The molecule has 3 heteroatoms. The zero-order chi connectivity index (χ0) is 13.6. The Kier molecular flexibility index (Phi) is 3.56. The molecule has 3 nitrogen and oxygen atoms in total. The van der Waals surface area contributed by atoms with Gasteiger partial charge >= 0.3 is 0 Å². The van der Waals surface area contributed by atoms with Crippen molar-refractivity contribution in [2.24, 2.45) is 23.7 Å². The van der Waals surface area contributed by atoms with Gasteiger partial charge in [-0.15, -0.1) is 0 Å². The summed E-state index contributed by atoms with van der Waals surface area (Å²) >= 11 is 0. The second kappa shape index (κ2) is 5.26. The number of ether oxygens (including phenoxy) is 1. The molecule has 1 atom stereocenters. The van der Waals surface area contributed by atoms with Crippen LogP contribution >= 0.6 is 0 Å². The van der Waals surface area contributed by atoms with Gasteiger partial charge in [0.25, 0.3) is 0 Å². The Bertz CT molecular complexity index is 318. The van der Waals surface area contributed by atoms with Crippen molar-refractivity contribution in [1.29, 1.82) is 0 Å². The minimum absolute atomic E-state index is 0.332. The van der Waals surface area contributed by atoms with Crippen molar-refractivity contribution in [2.75, 3.05) is 19.8 Å². The van der Waals surface area contributed by atoms with Gasteiger partial charge in [-0.1, -0.05) is 0 Å². The highest BCUT2D eigenvalue weighted by Crippen LogP contribution is 2.55. The van der Waals surface area contributed by atoms with E-state index in [1.165, 1.54) is 51.4 Å². The molecule has 5 rings (SSSR count). The van der Waals surface area contributed by atoms with Crippen LogP contribution in [0.5, 0.6) is 0 Å². The number of hydrogen-bond donors (Lipinski definition) is 2. The third kappa shape index (κ3) is 2.90. The lowest BCUT2D eigenvalue weighted by atomic mass is 9.53. The van der Waals surface area contributed by atoms with Gasteiger partial charge in [-0.2, -0.15) is 0 Å². The maximum absolute atomic E-state index is 10.1. The first kappa shape index (κ1) is 13.5. The number of β-amino-alcohol motifs (C(OH)–C–C–N with tert-alkyl or cyclic N) is 1. The normalized spacial score (nSPS) is 44.0. The van der Waals surface area contributed by atoms with E-state index in [0.29, 0.717) is 12.1 Å². The van der Waals surface area contributed by atoms with E-state index in [-0.39, 0.29) is 6.10 Å². The molecule has 4 bridgehead atoms. The molecule has 5 fully saturated rings. The average Bonchev–Trinajstić information content (AvgIpc) is 3.19. The summed E-state index contributed by atoms with van der Waals surface area (Å²) < 4.78 is 5.60. The highest BCUT2D eigenvalue weighted by molar-refractivity contribution is 5.06. The van der Waals surface area contributed by atoms with Crippen molar-refractivity contribution in [1.82, 2.24) is 5.32 Å². The first-order chi connectivity index (χ1) is 9.71. The highest BCUT2D eigenvalue weighted by Gasteiger charge is 2.50. The first-order valence-corrected chi connectivity index (χ1v) is 8.72. The second-order valence-electron chi connectivity index (χ2n) is 8.21. The predicted molar refractivity (Wildman–Crippen MR) is 78.5 cm³/mol. The Labute approximate surface area is 122 Å². The van der Waals surface area contributed by atoms with E-state index >= 15 is 0 Å². The summed E-state index contributed by atoms with van der Waals surface area (Å²) in [6.07, 6.45) is 10.8. The van der Waals surface area contributed by atoms with Gasteiger partial charge in [0.05, 0.1) is 12.7 Å². The van der Waals surface area contributed by atoms with E-state index in [4.69, 9.17) is 4.74 Å². The number of rotatable bonds is 7. The predicted octanol–water partition coefficient (Wildman–Crippen LogP) is 2.33. The molecule has 2 N–H and O–H groups in total. The molecular formula is C17H29NO2. The van der Waals surface area contributed by atoms with Crippen LogP contribution in [0.15, 0.2) is 0 Å². The van der Waals surface area contributed by atoms with Gasteiger partial charge in [-0.05, 0) is 75.0 Å². The fourth-order valence-corrected chi connectivity index (χ4v) is 5.38. The number of nitrogens with one attached hydrogen (secondary N) is 1. The van der Waals surface area contributed by atoms with Crippen LogP contribution in [-0.2, 0) is 4.74 Å². The first-order valence-electron chi connectivity index (χ1n) is 8.72. The second-order valence-corrected chi connectivity index (χ2v) is 8.21. The van der Waals surface area contributed by atoms with Crippen molar-refractivity contribution in [2.45, 2.75) is 63.0 Å². The summed E-state index contributed by atoms with van der Waals surface area (Å²) in [5.74, 6) is 3.70. The van der Waals surface area contributed by atoms with E-state index in [0.717, 1.165) is 36.8 Å². The van der Waals surface area contributed by atoms with E-state index < -0.39 is 0 Å². The summed E-state index contributed by atoms with van der Waals surface area (Å²) in [5.41, 5.74) is 0.367. The number of aliphatic hydroxyl groups is 1. The minimum atomic E-state index is -0.332. The van der Waals surface area contributed by atoms with Crippen molar-refractivity contribution < 1.29 is 9.84 Å². The molecule has 114 valence electrons. The van der Waals surface area contributed by atoms with Crippen LogP contribution in [0.2, 0.25) is 0 Å². The third-order valence-electron chi connectivity index (χ3n) is 6.11. The van der Waals surface area contributed by atoms with E-state index in [1.807, 2.05) is 0 Å². The SMILES string of the molecule is OC(CNC12CC3CC(CC(C3)C1)C2)COCC1CC1. The summed E-state index contributed by atoms with van der Waals surface area (Å²) in [6.45, 7) is 2.08. The van der Waals surface area contributed by atoms with Gasteiger partial charge in [0.1, 0.15) is 0 Å². The van der Waals surface area contributed by atoms with E-state index in [1.54, 1.807) is 0 Å². The standard InChI is InChI=1S/C17H29NO2/c19-16(11-20-10-12-1-2-12)9-18-17-6-13-3-14(7-17)5-15(4-13)8-17/h12-16,18-19H,1-11H2. The molecule has 0 aromatic rings. The van der Waals surface area contributed by atoms with E-state index in [2.05, 4.69) is 5.32 Å². The van der Waals surface area contributed by atoms with Gasteiger partial charge < -0.3 is 15.2 Å². The Hall–Kier alpha value is -0.120. The van der Waals surface area contributed by atoms with Crippen LogP contribution in [0, 0.1) is 23.7 Å². The molecule has 0 aromatic carbocycles. The van der Waals surface area contributed by atoms with Crippen molar-refractivity contribution in [3.8, 4) is 0 Å². The number of hydrogen-bond acceptors (Lipinski definition) is 3. The van der Waals surface area contributed by atoms with Crippen LogP contribution in [0.3, 0.4) is 0 Å². The van der Waals surface area contributed by atoms with Crippen LogP contribution in [0.1, 0.15) is 51.4 Å².